The van der Waals surface area contributed by atoms with Gasteiger partial charge < -0.3 is 21.1 Å². The van der Waals surface area contributed by atoms with Gasteiger partial charge in [-0.2, -0.15) is 0 Å². The highest BCUT2D eigenvalue weighted by molar-refractivity contribution is 7.15. The number of carboxylic acid groups (broad SMARTS) is 1. The number of carbonyl (C=O) groups excluding carboxylic acids is 1. The molecule has 7 nitrogen and oxygen atoms in total. The van der Waals surface area contributed by atoms with E-state index >= 15 is 0 Å². The largest absolute Gasteiger partial charge is 0.465 e. The Balaban J connectivity index is 1.58. The van der Waals surface area contributed by atoms with Gasteiger partial charge in [0.25, 0.3) is 0 Å². The first kappa shape index (κ1) is 20.2. The topological polar surface area (TPSA) is 103 Å². The number of carbonyl (C=O) groups is 2. The van der Waals surface area contributed by atoms with Crippen LogP contribution in [0.1, 0.15) is 5.01 Å². The predicted molar refractivity (Wildman–Crippen MR) is 106 cm³/mol. The van der Waals surface area contributed by atoms with Gasteiger partial charge in [0.15, 0.2) is 0 Å². The summed E-state index contributed by atoms with van der Waals surface area (Å²) in [6.45, 7) is 0.287. The zero-order chi connectivity index (χ0) is 20.8. The van der Waals surface area contributed by atoms with Crippen LogP contribution in [0.2, 0.25) is 0 Å². The molecule has 1 aromatic heterocycles. The van der Waals surface area contributed by atoms with E-state index in [1.165, 1.54) is 11.3 Å². The molecule has 3 aromatic rings. The van der Waals surface area contributed by atoms with Crippen LogP contribution in [0.25, 0.3) is 10.4 Å². The van der Waals surface area contributed by atoms with E-state index in [0.717, 1.165) is 33.6 Å². The van der Waals surface area contributed by atoms with E-state index in [1.807, 2.05) is 0 Å². The molecule has 0 radical (unpaired) electrons. The van der Waals surface area contributed by atoms with Gasteiger partial charge in [0.1, 0.15) is 11.6 Å². The minimum atomic E-state index is -1.07. The molecule has 1 heterocycles. The normalized spacial score (nSPS) is 10.4. The first-order valence-corrected chi connectivity index (χ1v) is 9.27. The van der Waals surface area contributed by atoms with Crippen molar-refractivity contribution in [1.82, 2.24) is 10.3 Å². The van der Waals surface area contributed by atoms with Crippen molar-refractivity contribution in [2.45, 2.75) is 6.42 Å². The van der Waals surface area contributed by atoms with Crippen LogP contribution in [0.4, 0.5) is 29.7 Å². The highest BCUT2D eigenvalue weighted by Gasteiger charge is 2.08. The lowest BCUT2D eigenvalue weighted by molar-refractivity contribution is 0.194. The molecule has 0 atom stereocenters. The number of halogens is 2. The second-order valence-electron chi connectivity index (χ2n) is 5.91. The standard InChI is InChI=1S/C19H16F2N4O3S/c20-12-7-13(21)9-15(8-12)25-18(26)24-14-3-1-11(2-4-14)16-10-23-17(29-16)5-6-22-19(27)28/h1-4,7-10,22H,5-6H2,(H,27,28)(H2,24,25,26). The Labute approximate surface area is 168 Å². The summed E-state index contributed by atoms with van der Waals surface area (Å²) in [6, 6.07) is 9.08. The number of aromatic nitrogens is 1. The van der Waals surface area contributed by atoms with Crippen LogP contribution < -0.4 is 16.0 Å². The van der Waals surface area contributed by atoms with Crippen molar-refractivity contribution in [3.63, 3.8) is 0 Å². The highest BCUT2D eigenvalue weighted by Crippen LogP contribution is 2.27. The minimum absolute atomic E-state index is 0.00574. The zero-order valence-electron chi connectivity index (χ0n) is 14.9. The summed E-state index contributed by atoms with van der Waals surface area (Å²) < 4.78 is 26.3. The van der Waals surface area contributed by atoms with Gasteiger partial charge in [-0.25, -0.2) is 23.4 Å². The number of amides is 3. The summed E-state index contributed by atoms with van der Waals surface area (Å²) in [5, 5.41) is 16.6. The van der Waals surface area contributed by atoms with Gasteiger partial charge in [0.2, 0.25) is 0 Å². The van der Waals surface area contributed by atoms with Crippen LogP contribution >= 0.6 is 11.3 Å². The Morgan fingerprint density at radius 1 is 1.00 bits per heavy atom. The van der Waals surface area contributed by atoms with Crippen LogP contribution in [0.5, 0.6) is 0 Å². The number of thiazole rings is 1. The second-order valence-corrected chi connectivity index (χ2v) is 7.03. The van der Waals surface area contributed by atoms with Gasteiger partial charge in [0, 0.05) is 36.6 Å². The first-order chi connectivity index (χ1) is 13.9. The van der Waals surface area contributed by atoms with E-state index in [9.17, 15) is 18.4 Å². The third-order valence-electron chi connectivity index (χ3n) is 3.72. The average molecular weight is 418 g/mol. The number of nitrogens with zero attached hydrogens (tertiary/aromatic N) is 1. The van der Waals surface area contributed by atoms with Crippen molar-refractivity contribution in [3.8, 4) is 10.4 Å². The van der Waals surface area contributed by atoms with Crippen LogP contribution in [-0.4, -0.2) is 28.8 Å². The summed E-state index contributed by atoms with van der Waals surface area (Å²) in [5.74, 6) is -1.57. The average Bonchev–Trinajstić information content (AvgIpc) is 3.10. The predicted octanol–water partition coefficient (Wildman–Crippen LogP) is 4.54. The van der Waals surface area contributed by atoms with E-state index in [4.69, 9.17) is 5.11 Å². The molecular weight excluding hydrogens is 402 g/mol. The van der Waals surface area contributed by atoms with Crippen LogP contribution in [0, 0.1) is 11.6 Å². The van der Waals surface area contributed by atoms with Crippen molar-refractivity contribution in [1.29, 1.82) is 0 Å². The van der Waals surface area contributed by atoms with Crippen molar-refractivity contribution < 1.29 is 23.5 Å². The maximum atomic E-state index is 13.2. The molecule has 0 saturated heterocycles. The molecule has 0 bridgehead atoms. The number of hydrogen-bond acceptors (Lipinski definition) is 4. The van der Waals surface area contributed by atoms with Gasteiger partial charge >= 0.3 is 12.1 Å². The van der Waals surface area contributed by atoms with Crippen molar-refractivity contribution >= 4 is 34.8 Å². The first-order valence-electron chi connectivity index (χ1n) is 8.45. The van der Waals surface area contributed by atoms with Gasteiger partial charge in [0.05, 0.1) is 9.88 Å². The number of urea groups is 1. The fourth-order valence-electron chi connectivity index (χ4n) is 2.47. The van der Waals surface area contributed by atoms with Crippen molar-refractivity contribution in [2.75, 3.05) is 17.2 Å². The van der Waals surface area contributed by atoms with Gasteiger partial charge in [-0.05, 0) is 29.8 Å². The molecule has 0 aliphatic heterocycles. The number of nitrogens with one attached hydrogen (secondary N) is 3. The smallest absolute Gasteiger partial charge is 0.404 e. The maximum absolute atomic E-state index is 13.2. The molecule has 2 aromatic carbocycles. The third kappa shape index (κ3) is 5.98. The minimum Gasteiger partial charge on any atom is -0.465 e. The summed E-state index contributed by atoms with van der Waals surface area (Å²) in [4.78, 5) is 27.6. The SMILES string of the molecule is O=C(O)NCCc1ncc(-c2ccc(NC(=O)Nc3cc(F)cc(F)c3)cc2)s1. The molecule has 150 valence electrons. The molecule has 0 unspecified atom stereocenters. The Morgan fingerprint density at radius 2 is 1.66 bits per heavy atom. The molecular formula is C19H16F2N4O3S. The number of rotatable bonds is 6. The van der Waals surface area contributed by atoms with Crippen molar-refractivity contribution in [2.24, 2.45) is 0 Å². The molecule has 0 fully saturated rings. The Bertz CT molecular complexity index is 1000. The summed E-state index contributed by atoms with van der Waals surface area (Å²) in [7, 11) is 0. The van der Waals surface area contributed by atoms with E-state index in [-0.39, 0.29) is 12.2 Å². The molecule has 0 saturated carbocycles. The fourth-order valence-corrected chi connectivity index (χ4v) is 3.40. The molecule has 3 amide bonds. The lowest BCUT2D eigenvalue weighted by Gasteiger charge is -2.08. The number of benzene rings is 2. The fraction of sp³-hybridized carbons (Fsp3) is 0.105. The summed E-state index contributed by atoms with van der Waals surface area (Å²) >= 11 is 1.45. The second kappa shape index (κ2) is 9.11. The molecule has 0 spiro atoms. The zero-order valence-corrected chi connectivity index (χ0v) is 15.7. The van der Waals surface area contributed by atoms with Gasteiger partial charge in [-0.15, -0.1) is 11.3 Å². The Morgan fingerprint density at radius 3 is 2.31 bits per heavy atom. The molecule has 3 rings (SSSR count). The summed E-state index contributed by atoms with van der Waals surface area (Å²) in [5.41, 5.74) is 1.39. The molecule has 0 aliphatic carbocycles. The van der Waals surface area contributed by atoms with Crippen LogP contribution in [0.3, 0.4) is 0 Å². The highest BCUT2D eigenvalue weighted by atomic mass is 32.1. The third-order valence-corrected chi connectivity index (χ3v) is 4.82. The van der Waals surface area contributed by atoms with Crippen LogP contribution in [-0.2, 0) is 6.42 Å². The number of hydrogen-bond donors (Lipinski definition) is 4. The Kier molecular flexibility index (Phi) is 6.35. The monoisotopic (exact) mass is 418 g/mol. The molecule has 10 heteroatoms. The van der Waals surface area contributed by atoms with E-state index < -0.39 is 23.8 Å². The van der Waals surface area contributed by atoms with E-state index in [0.29, 0.717) is 12.1 Å². The Hall–Kier alpha value is -3.53. The van der Waals surface area contributed by atoms with Crippen LogP contribution in [0.15, 0.2) is 48.7 Å². The molecule has 4 N–H and O–H groups in total. The summed E-state index contributed by atoms with van der Waals surface area (Å²) in [6.07, 6.45) is 1.13. The molecule has 0 aliphatic rings. The quantitative estimate of drug-likeness (QED) is 0.472. The van der Waals surface area contributed by atoms with Gasteiger partial charge in [-0.1, -0.05) is 12.1 Å². The molecule has 29 heavy (non-hydrogen) atoms. The van der Waals surface area contributed by atoms with E-state index in [1.54, 1.807) is 30.5 Å². The van der Waals surface area contributed by atoms with Gasteiger partial charge in [-0.3, -0.25) is 0 Å². The number of anilines is 2. The lowest BCUT2D eigenvalue weighted by atomic mass is 10.2. The lowest BCUT2D eigenvalue weighted by Crippen LogP contribution is -2.23. The van der Waals surface area contributed by atoms with E-state index in [2.05, 4.69) is 20.9 Å². The maximum Gasteiger partial charge on any atom is 0.404 e. The van der Waals surface area contributed by atoms with Crippen molar-refractivity contribution in [3.05, 3.63) is 65.3 Å².